The summed E-state index contributed by atoms with van der Waals surface area (Å²) >= 11 is 0. The quantitative estimate of drug-likeness (QED) is 0.620. The summed E-state index contributed by atoms with van der Waals surface area (Å²) in [6.07, 6.45) is 1.56. The first-order chi connectivity index (χ1) is 11.2. The van der Waals surface area contributed by atoms with Gasteiger partial charge < -0.3 is 9.73 Å². The molecule has 4 rings (SSSR count). The van der Waals surface area contributed by atoms with E-state index in [-0.39, 0.29) is 0 Å². The maximum atomic E-state index is 5.94. The van der Waals surface area contributed by atoms with Crippen LogP contribution in [0.25, 0.3) is 22.2 Å². The molecule has 114 valence electrons. The maximum absolute atomic E-state index is 5.94. The van der Waals surface area contributed by atoms with E-state index in [1.165, 1.54) is 5.56 Å². The molecule has 0 aliphatic heterocycles. The van der Waals surface area contributed by atoms with Crippen LogP contribution in [0.15, 0.2) is 47.1 Å². The Kier molecular flexibility index (Phi) is 3.19. The lowest BCUT2D eigenvalue weighted by Crippen LogP contribution is -2.01. The van der Waals surface area contributed by atoms with Gasteiger partial charge in [-0.1, -0.05) is 30.3 Å². The van der Waals surface area contributed by atoms with Crippen LogP contribution in [0.4, 0.5) is 5.82 Å². The van der Waals surface area contributed by atoms with Crippen molar-refractivity contribution < 1.29 is 4.42 Å². The molecule has 5 nitrogen and oxygen atoms in total. The summed E-state index contributed by atoms with van der Waals surface area (Å²) in [7, 11) is 0. The Morgan fingerprint density at radius 2 is 1.91 bits per heavy atom. The molecule has 0 saturated carbocycles. The van der Waals surface area contributed by atoms with Crippen LogP contribution in [0.3, 0.4) is 0 Å². The van der Waals surface area contributed by atoms with Gasteiger partial charge in [0, 0.05) is 12.2 Å². The standard InChI is InChI=1S/C18H16N4O/c1-11-8-12(2)22-18-14(11)15-16(23-18)17(21-10-20-15)19-9-13-6-4-3-5-7-13/h3-8,10H,9H2,1-2H3,(H,19,20,21). The molecule has 0 fully saturated rings. The summed E-state index contributed by atoms with van der Waals surface area (Å²) < 4.78 is 5.94. The van der Waals surface area contributed by atoms with Crippen molar-refractivity contribution in [3.05, 3.63) is 59.5 Å². The van der Waals surface area contributed by atoms with Crippen molar-refractivity contribution in [2.75, 3.05) is 5.32 Å². The van der Waals surface area contributed by atoms with Gasteiger partial charge in [0.2, 0.25) is 5.71 Å². The van der Waals surface area contributed by atoms with Crippen LogP contribution in [0.1, 0.15) is 16.8 Å². The molecule has 0 unspecified atom stereocenters. The van der Waals surface area contributed by atoms with E-state index in [0.29, 0.717) is 23.7 Å². The minimum atomic E-state index is 0.612. The number of aromatic nitrogens is 3. The smallest absolute Gasteiger partial charge is 0.229 e. The molecule has 0 spiro atoms. The van der Waals surface area contributed by atoms with Crippen molar-refractivity contribution in [1.29, 1.82) is 0 Å². The molecule has 4 aromatic rings. The predicted molar refractivity (Wildman–Crippen MR) is 90.3 cm³/mol. The highest BCUT2D eigenvalue weighted by atomic mass is 16.3. The van der Waals surface area contributed by atoms with Crippen LogP contribution in [0, 0.1) is 13.8 Å². The lowest BCUT2D eigenvalue weighted by molar-refractivity contribution is 0.650. The average Bonchev–Trinajstić information content (AvgIpc) is 2.92. The van der Waals surface area contributed by atoms with Crippen molar-refractivity contribution in [1.82, 2.24) is 15.0 Å². The first-order valence-electron chi connectivity index (χ1n) is 7.51. The Hall–Kier alpha value is -2.95. The highest BCUT2D eigenvalue weighted by Gasteiger charge is 2.16. The number of nitrogens with one attached hydrogen (secondary N) is 1. The molecule has 0 aliphatic carbocycles. The summed E-state index contributed by atoms with van der Waals surface area (Å²) in [5.41, 5.74) is 5.29. The number of hydrogen-bond donors (Lipinski definition) is 1. The zero-order valence-corrected chi connectivity index (χ0v) is 13.0. The lowest BCUT2D eigenvalue weighted by Gasteiger charge is -2.05. The van der Waals surface area contributed by atoms with E-state index >= 15 is 0 Å². The van der Waals surface area contributed by atoms with E-state index < -0.39 is 0 Å². The van der Waals surface area contributed by atoms with Gasteiger partial charge in [0.05, 0.1) is 5.39 Å². The molecule has 5 heteroatoms. The number of anilines is 1. The van der Waals surface area contributed by atoms with E-state index in [4.69, 9.17) is 4.42 Å². The van der Waals surface area contributed by atoms with Gasteiger partial charge in [-0.2, -0.15) is 0 Å². The fraction of sp³-hybridized carbons (Fsp3) is 0.167. The molecule has 1 N–H and O–H groups in total. The SMILES string of the molecule is Cc1cc(C)c2c(n1)oc1c(NCc3ccccc3)ncnc12. The predicted octanol–water partition coefficient (Wildman–Crippen LogP) is 4.00. The van der Waals surface area contributed by atoms with Crippen molar-refractivity contribution in [3.63, 3.8) is 0 Å². The van der Waals surface area contributed by atoms with Crippen molar-refractivity contribution >= 4 is 28.0 Å². The number of benzene rings is 1. The van der Waals surface area contributed by atoms with Crippen LogP contribution >= 0.6 is 0 Å². The number of nitrogens with zero attached hydrogens (tertiary/aromatic N) is 3. The Bertz CT molecular complexity index is 992. The Balaban J connectivity index is 1.80. The van der Waals surface area contributed by atoms with Gasteiger partial charge in [0.1, 0.15) is 11.8 Å². The summed E-state index contributed by atoms with van der Waals surface area (Å²) in [6, 6.07) is 12.2. The van der Waals surface area contributed by atoms with Gasteiger partial charge in [0.15, 0.2) is 11.4 Å². The van der Waals surface area contributed by atoms with Crippen LogP contribution in [0.5, 0.6) is 0 Å². The van der Waals surface area contributed by atoms with Gasteiger partial charge in [-0.15, -0.1) is 0 Å². The van der Waals surface area contributed by atoms with Crippen LogP contribution < -0.4 is 5.32 Å². The van der Waals surface area contributed by atoms with E-state index in [0.717, 1.165) is 22.2 Å². The first kappa shape index (κ1) is 13.7. The van der Waals surface area contributed by atoms with Gasteiger partial charge in [0.25, 0.3) is 0 Å². The summed E-state index contributed by atoms with van der Waals surface area (Å²) in [5, 5.41) is 4.28. The first-order valence-corrected chi connectivity index (χ1v) is 7.51. The second kappa shape index (κ2) is 5.35. The van der Waals surface area contributed by atoms with E-state index in [2.05, 4.69) is 32.4 Å². The number of hydrogen-bond acceptors (Lipinski definition) is 5. The second-order valence-electron chi connectivity index (χ2n) is 5.60. The molecule has 0 bridgehead atoms. The van der Waals surface area contributed by atoms with Crippen molar-refractivity contribution in [2.24, 2.45) is 0 Å². The normalized spacial score (nSPS) is 11.2. The summed E-state index contributed by atoms with van der Waals surface area (Å²) in [5.74, 6) is 0.689. The van der Waals surface area contributed by atoms with E-state index in [9.17, 15) is 0 Å². The summed E-state index contributed by atoms with van der Waals surface area (Å²) in [6.45, 7) is 4.68. The molecule has 0 amide bonds. The topological polar surface area (TPSA) is 63.8 Å². The molecule has 3 aromatic heterocycles. The van der Waals surface area contributed by atoms with Crippen molar-refractivity contribution in [3.8, 4) is 0 Å². The molecular weight excluding hydrogens is 288 g/mol. The molecule has 0 radical (unpaired) electrons. The highest BCUT2D eigenvalue weighted by Crippen LogP contribution is 2.32. The fourth-order valence-corrected chi connectivity index (χ4v) is 2.82. The Morgan fingerprint density at radius 3 is 2.74 bits per heavy atom. The molecule has 3 heterocycles. The number of rotatable bonds is 3. The number of fused-ring (bicyclic) bond motifs is 3. The third-order valence-corrected chi connectivity index (χ3v) is 3.85. The van der Waals surface area contributed by atoms with E-state index in [1.54, 1.807) is 6.33 Å². The molecular formula is C18H16N4O. The number of pyridine rings is 1. The minimum absolute atomic E-state index is 0.612. The molecule has 23 heavy (non-hydrogen) atoms. The Morgan fingerprint density at radius 1 is 1.09 bits per heavy atom. The van der Waals surface area contributed by atoms with Crippen LogP contribution in [-0.4, -0.2) is 15.0 Å². The highest BCUT2D eigenvalue weighted by molar-refractivity contribution is 6.05. The summed E-state index contributed by atoms with van der Waals surface area (Å²) in [4.78, 5) is 13.2. The zero-order valence-electron chi connectivity index (χ0n) is 13.0. The van der Waals surface area contributed by atoms with Gasteiger partial charge in [-0.05, 0) is 31.0 Å². The third-order valence-electron chi connectivity index (χ3n) is 3.85. The van der Waals surface area contributed by atoms with Gasteiger partial charge >= 0.3 is 0 Å². The monoisotopic (exact) mass is 304 g/mol. The van der Waals surface area contributed by atoms with Crippen molar-refractivity contribution in [2.45, 2.75) is 20.4 Å². The molecule has 0 atom stereocenters. The number of furan rings is 1. The van der Waals surface area contributed by atoms with Crippen LogP contribution in [0.2, 0.25) is 0 Å². The van der Waals surface area contributed by atoms with E-state index in [1.807, 2.05) is 38.1 Å². The molecule has 1 aromatic carbocycles. The average molecular weight is 304 g/mol. The lowest BCUT2D eigenvalue weighted by atomic mass is 10.1. The minimum Gasteiger partial charge on any atom is -0.432 e. The van der Waals surface area contributed by atoms with Gasteiger partial charge in [-0.25, -0.2) is 15.0 Å². The molecule has 0 saturated heterocycles. The largest absolute Gasteiger partial charge is 0.432 e. The van der Waals surface area contributed by atoms with Gasteiger partial charge in [-0.3, -0.25) is 0 Å². The maximum Gasteiger partial charge on any atom is 0.229 e. The third kappa shape index (κ3) is 2.40. The number of aryl methyl sites for hydroxylation is 2. The van der Waals surface area contributed by atoms with Crippen LogP contribution in [-0.2, 0) is 6.54 Å². The second-order valence-corrected chi connectivity index (χ2v) is 5.60. The Labute approximate surface area is 133 Å². The fourth-order valence-electron chi connectivity index (χ4n) is 2.82. The zero-order chi connectivity index (χ0) is 15.8. The molecule has 0 aliphatic rings.